The van der Waals surface area contributed by atoms with Crippen LogP contribution in [0.2, 0.25) is 0 Å². The van der Waals surface area contributed by atoms with Gasteiger partial charge in [0.05, 0.1) is 11.0 Å². The number of thiophene rings is 1. The van der Waals surface area contributed by atoms with E-state index in [9.17, 15) is 0 Å². The number of benzene rings is 9. The van der Waals surface area contributed by atoms with E-state index in [-0.39, 0.29) is 5.92 Å². The third-order valence-electron chi connectivity index (χ3n) is 12.3. The van der Waals surface area contributed by atoms with Crippen molar-refractivity contribution in [3.05, 3.63) is 223 Å². The summed E-state index contributed by atoms with van der Waals surface area (Å²) in [4.78, 5) is 0. The lowest BCUT2D eigenvalue weighted by Crippen LogP contribution is -2.00. The smallest absolute Gasteiger partial charge is 0.0541 e. The van der Waals surface area contributed by atoms with Crippen LogP contribution in [0.4, 0.5) is 0 Å². The van der Waals surface area contributed by atoms with Crippen molar-refractivity contribution in [2.75, 3.05) is 0 Å². The zero-order valence-electron chi connectivity index (χ0n) is 33.1. The van der Waals surface area contributed by atoms with E-state index in [1.54, 1.807) is 0 Å². The lowest BCUT2D eigenvalue weighted by atomic mass is 9.83. The fourth-order valence-electron chi connectivity index (χ4n) is 9.21. The molecule has 280 valence electrons. The van der Waals surface area contributed by atoms with Crippen molar-refractivity contribution in [2.24, 2.45) is 0 Å². The van der Waals surface area contributed by atoms with Gasteiger partial charge in [0.1, 0.15) is 0 Å². The van der Waals surface area contributed by atoms with Crippen molar-refractivity contribution in [3.8, 4) is 50.2 Å². The highest BCUT2D eigenvalue weighted by atomic mass is 32.1. The van der Waals surface area contributed by atoms with Gasteiger partial charge in [0, 0.05) is 42.6 Å². The van der Waals surface area contributed by atoms with Crippen LogP contribution in [0.5, 0.6) is 0 Å². The van der Waals surface area contributed by atoms with Crippen LogP contribution in [0, 0.1) is 6.92 Å². The molecule has 1 atom stereocenters. The van der Waals surface area contributed by atoms with Crippen molar-refractivity contribution >= 4 is 53.3 Å². The average molecular weight is 772 g/mol. The Bertz CT molecular complexity index is 3350. The summed E-state index contributed by atoms with van der Waals surface area (Å²) in [6.07, 6.45) is 0. The Morgan fingerprint density at radius 2 is 1.05 bits per heavy atom. The standard InChI is InChI=1S/C57H41NS/c1-37-28-29-41(42-30-31-55-52(34-42)48-24-11-13-26-54(48)58(55)45-20-7-4-8-21-45)33-50(37)47-23-10-9-22-46(47)38(2)44-35-51(57-53(36-44)49-25-12-14-27-56(49)59-57)43-19-15-18-40(32-43)39-16-5-3-6-17-39/h3-36,38H,1-2H3. The Morgan fingerprint density at radius 3 is 1.92 bits per heavy atom. The van der Waals surface area contributed by atoms with Crippen molar-refractivity contribution in [1.29, 1.82) is 0 Å². The van der Waals surface area contributed by atoms with Crippen LogP contribution in [0.15, 0.2) is 206 Å². The van der Waals surface area contributed by atoms with Gasteiger partial charge in [-0.2, -0.15) is 0 Å². The number of hydrogen-bond acceptors (Lipinski definition) is 1. The molecule has 0 amide bonds. The first-order valence-electron chi connectivity index (χ1n) is 20.5. The Morgan fingerprint density at radius 1 is 0.407 bits per heavy atom. The van der Waals surface area contributed by atoms with Crippen LogP contribution >= 0.6 is 11.3 Å². The first-order chi connectivity index (χ1) is 29.1. The highest BCUT2D eigenvalue weighted by molar-refractivity contribution is 7.26. The van der Waals surface area contributed by atoms with E-state index in [4.69, 9.17) is 0 Å². The number of nitrogens with zero attached hydrogens (tertiary/aromatic N) is 1. The molecule has 0 saturated heterocycles. The normalized spacial score (nSPS) is 12.2. The first-order valence-corrected chi connectivity index (χ1v) is 21.3. The number of para-hydroxylation sites is 2. The molecule has 0 bridgehead atoms. The fraction of sp³-hybridized carbons (Fsp3) is 0.0526. The summed E-state index contributed by atoms with van der Waals surface area (Å²) in [5.74, 6) is 0.147. The van der Waals surface area contributed by atoms with E-state index in [0.29, 0.717) is 0 Å². The van der Waals surface area contributed by atoms with Crippen molar-refractivity contribution < 1.29 is 0 Å². The summed E-state index contributed by atoms with van der Waals surface area (Å²) >= 11 is 1.90. The summed E-state index contributed by atoms with van der Waals surface area (Å²) in [6, 6.07) is 76.1. The van der Waals surface area contributed by atoms with Crippen molar-refractivity contribution in [2.45, 2.75) is 19.8 Å². The maximum Gasteiger partial charge on any atom is 0.0541 e. The Labute approximate surface area is 349 Å². The summed E-state index contributed by atoms with van der Waals surface area (Å²) < 4.78 is 5.05. The quantitative estimate of drug-likeness (QED) is 0.152. The first kappa shape index (κ1) is 35.2. The average Bonchev–Trinajstić information content (AvgIpc) is 3.85. The molecule has 1 unspecified atom stereocenters. The zero-order chi connectivity index (χ0) is 39.5. The van der Waals surface area contributed by atoms with Crippen LogP contribution < -0.4 is 0 Å². The molecule has 1 nitrogen and oxygen atoms in total. The van der Waals surface area contributed by atoms with Gasteiger partial charge < -0.3 is 4.57 Å². The van der Waals surface area contributed by atoms with Gasteiger partial charge in [0.25, 0.3) is 0 Å². The molecule has 59 heavy (non-hydrogen) atoms. The highest BCUT2D eigenvalue weighted by Crippen LogP contribution is 2.45. The van der Waals surface area contributed by atoms with E-state index in [2.05, 4.69) is 225 Å². The Kier molecular flexibility index (Phi) is 8.61. The van der Waals surface area contributed by atoms with Gasteiger partial charge in [0.15, 0.2) is 0 Å². The number of fused-ring (bicyclic) bond motifs is 6. The van der Waals surface area contributed by atoms with Crippen LogP contribution in [0.3, 0.4) is 0 Å². The largest absolute Gasteiger partial charge is 0.309 e. The second kappa shape index (κ2) is 14.4. The zero-order valence-corrected chi connectivity index (χ0v) is 33.9. The van der Waals surface area contributed by atoms with Gasteiger partial charge in [-0.05, 0) is 129 Å². The van der Waals surface area contributed by atoms with Crippen LogP contribution in [-0.4, -0.2) is 4.57 Å². The Balaban J connectivity index is 1.03. The van der Waals surface area contributed by atoms with E-state index in [1.807, 2.05) is 11.3 Å². The van der Waals surface area contributed by atoms with E-state index in [1.165, 1.54) is 109 Å². The maximum atomic E-state index is 2.47. The monoisotopic (exact) mass is 771 g/mol. The number of rotatable bonds is 7. The predicted molar refractivity (Wildman–Crippen MR) is 254 cm³/mol. The minimum Gasteiger partial charge on any atom is -0.309 e. The molecule has 0 saturated carbocycles. The second-order valence-corrected chi connectivity index (χ2v) is 16.8. The predicted octanol–water partition coefficient (Wildman–Crippen LogP) is 16.3. The van der Waals surface area contributed by atoms with Crippen LogP contribution in [-0.2, 0) is 0 Å². The molecule has 2 aromatic heterocycles. The SMILES string of the molecule is Cc1ccc(-c2ccc3c(c2)c2ccccc2n3-c2ccccc2)cc1-c1ccccc1C(C)c1cc(-c2cccc(-c3ccccc3)c2)c2sc3ccccc3c2c1. The fourth-order valence-corrected chi connectivity index (χ4v) is 10.4. The van der Waals surface area contributed by atoms with Gasteiger partial charge in [0.2, 0.25) is 0 Å². The van der Waals surface area contributed by atoms with Crippen LogP contribution in [0.25, 0.3) is 92.2 Å². The number of aryl methyl sites for hydroxylation is 1. The molecule has 2 heteroatoms. The molecule has 0 aliphatic carbocycles. The minimum atomic E-state index is 0.147. The molecule has 11 aromatic rings. The lowest BCUT2D eigenvalue weighted by molar-refractivity contribution is 0.927. The molecule has 0 aliphatic rings. The highest BCUT2D eigenvalue weighted by Gasteiger charge is 2.21. The minimum absolute atomic E-state index is 0.147. The van der Waals surface area contributed by atoms with Crippen molar-refractivity contribution in [1.82, 2.24) is 4.57 Å². The topological polar surface area (TPSA) is 4.93 Å². The van der Waals surface area contributed by atoms with Gasteiger partial charge in [-0.1, -0.05) is 153 Å². The summed E-state index contributed by atoms with van der Waals surface area (Å²) in [6.45, 7) is 4.63. The van der Waals surface area contributed by atoms with E-state index in [0.717, 1.165) is 0 Å². The maximum absolute atomic E-state index is 2.47. The molecule has 9 aromatic carbocycles. The van der Waals surface area contributed by atoms with Crippen molar-refractivity contribution in [3.63, 3.8) is 0 Å². The van der Waals surface area contributed by atoms with Gasteiger partial charge in [-0.25, -0.2) is 0 Å². The molecule has 0 fully saturated rings. The Hall–Kier alpha value is -7.00. The van der Waals surface area contributed by atoms with E-state index < -0.39 is 0 Å². The second-order valence-electron chi connectivity index (χ2n) is 15.7. The molecule has 0 radical (unpaired) electrons. The number of aromatic nitrogens is 1. The lowest BCUT2D eigenvalue weighted by Gasteiger charge is -2.20. The number of hydrogen-bond donors (Lipinski definition) is 0. The third kappa shape index (κ3) is 6.07. The summed E-state index contributed by atoms with van der Waals surface area (Å²) in [5, 5.41) is 5.18. The summed E-state index contributed by atoms with van der Waals surface area (Å²) in [5.41, 5.74) is 17.5. The van der Waals surface area contributed by atoms with Crippen LogP contribution in [0.1, 0.15) is 29.5 Å². The van der Waals surface area contributed by atoms with Gasteiger partial charge in [-0.15, -0.1) is 11.3 Å². The molecular weight excluding hydrogens is 731 g/mol. The molecule has 0 spiro atoms. The molecule has 2 heterocycles. The van der Waals surface area contributed by atoms with Gasteiger partial charge in [-0.3, -0.25) is 0 Å². The van der Waals surface area contributed by atoms with Gasteiger partial charge >= 0.3 is 0 Å². The molecule has 11 rings (SSSR count). The summed E-state index contributed by atoms with van der Waals surface area (Å²) in [7, 11) is 0. The molecule has 0 aliphatic heterocycles. The molecule has 0 N–H and O–H groups in total. The molecular formula is C57H41NS. The third-order valence-corrected chi connectivity index (χ3v) is 13.5. The van der Waals surface area contributed by atoms with E-state index >= 15 is 0 Å².